The van der Waals surface area contributed by atoms with Crippen LogP contribution >= 0.6 is 22.7 Å². The van der Waals surface area contributed by atoms with Gasteiger partial charge in [0.2, 0.25) is 0 Å². The summed E-state index contributed by atoms with van der Waals surface area (Å²) in [5.41, 5.74) is 10.7. The Morgan fingerprint density at radius 1 is 0.309 bits per heavy atom. The number of nitrogens with zero attached hydrogens (tertiary/aromatic N) is 1. The van der Waals surface area contributed by atoms with Crippen LogP contribution in [0.2, 0.25) is 0 Å². The Labute approximate surface area is 327 Å². The number of anilines is 3. The van der Waals surface area contributed by atoms with E-state index in [4.69, 9.17) is 0 Å². The third-order valence-corrected chi connectivity index (χ3v) is 13.2. The maximum Gasteiger partial charge on any atom is 0.0718 e. The second-order valence-electron chi connectivity index (χ2n) is 14.1. The Morgan fingerprint density at radius 3 is 1.64 bits per heavy atom. The summed E-state index contributed by atoms with van der Waals surface area (Å²) in [5.74, 6) is 0. The highest BCUT2D eigenvalue weighted by Gasteiger charge is 2.23. The predicted octanol–water partition coefficient (Wildman–Crippen LogP) is 16.0. The molecule has 0 spiro atoms. The highest BCUT2D eigenvalue weighted by molar-refractivity contribution is 7.26. The van der Waals surface area contributed by atoms with Gasteiger partial charge in [-0.1, -0.05) is 152 Å². The molecular weight excluding hydrogens is 703 g/mol. The first kappa shape index (κ1) is 32.0. The Balaban J connectivity index is 1.11. The fourth-order valence-electron chi connectivity index (χ4n) is 8.23. The molecule has 1 nitrogen and oxygen atoms in total. The minimum Gasteiger partial charge on any atom is -0.308 e. The summed E-state index contributed by atoms with van der Waals surface area (Å²) < 4.78 is 5.22. The minimum absolute atomic E-state index is 1.12. The molecule has 11 aromatic rings. The molecule has 0 aliphatic rings. The van der Waals surface area contributed by atoms with Crippen molar-refractivity contribution in [3.63, 3.8) is 0 Å². The lowest BCUT2D eigenvalue weighted by Crippen LogP contribution is -2.11. The summed E-state index contributed by atoms with van der Waals surface area (Å²) in [5, 5.41) is 7.73. The molecule has 0 aliphatic carbocycles. The van der Waals surface area contributed by atoms with E-state index in [0.29, 0.717) is 0 Å². The zero-order chi connectivity index (χ0) is 36.3. The summed E-state index contributed by atoms with van der Waals surface area (Å²) in [4.78, 5) is 2.48. The van der Waals surface area contributed by atoms with Crippen molar-refractivity contribution in [3.05, 3.63) is 200 Å². The molecule has 0 saturated carbocycles. The van der Waals surface area contributed by atoms with Crippen LogP contribution < -0.4 is 4.90 Å². The van der Waals surface area contributed by atoms with Crippen LogP contribution in [0.4, 0.5) is 17.1 Å². The predicted molar refractivity (Wildman–Crippen MR) is 241 cm³/mol. The van der Waals surface area contributed by atoms with Crippen LogP contribution in [0.5, 0.6) is 0 Å². The van der Waals surface area contributed by atoms with Gasteiger partial charge >= 0.3 is 0 Å². The fourth-order valence-corrected chi connectivity index (χ4v) is 10.6. The van der Waals surface area contributed by atoms with E-state index in [0.717, 1.165) is 11.4 Å². The van der Waals surface area contributed by atoms with Gasteiger partial charge < -0.3 is 4.90 Å². The summed E-state index contributed by atoms with van der Waals surface area (Å²) in [7, 11) is 0. The molecule has 0 radical (unpaired) electrons. The van der Waals surface area contributed by atoms with E-state index in [-0.39, 0.29) is 0 Å². The number of hydrogen-bond donors (Lipinski definition) is 0. The van der Waals surface area contributed by atoms with Crippen LogP contribution in [0.25, 0.3) is 84.5 Å². The zero-order valence-corrected chi connectivity index (χ0v) is 31.4. The van der Waals surface area contributed by atoms with Crippen LogP contribution in [0.15, 0.2) is 200 Å². The molecule has 0 aliphatic heterocycles. The Morgan fingerprint density at radius 2 is 0.873 bits per heavy atom. The third kappa shape index (κ3) is 5.43. The van der Waals surface area contributed by atoms with E-state index in [1.165, 1.54) is 90.2 Å². The van der Waals surface area contributed by atoms with Gasteiger partial charge in [-0.15, -0.1) is 22.7 Å². The van der Waals surface area contributed by atoms with Crippen LogP contribution in [0, 0.1) is 0 Å². The van der Waals surface area contributed by atoms with E-state index in [1.54, 1.807) is 0 Å². The molecule has 2 heterocycles. The molecule has 0 bridgehead atoms. The molecule has 55 heavy (non-hydrogen) atoms. The third-order valence-electron chi connectivity index (χ3n) is 10.9. The fraction of sp³-hybridized carbons (Fsp3) is 0. The second kappa shape index (κ2) is 13.1. The van der Waals surface area contributed by atoms with E-state index in [1.807, 2.05) is 22.7 Å². The second-order valence-corrected chi connectivity index (χ2v) is 16.2. The van der Waals surface area contributed by atoms with Gasteiger partial charge in [0.25, 0.3) is 0 Å². The van der Waals surface area contributed by atoms with Crippen molar-refractivity contribution in [2.75, 3.05) is 4.90 Å². The van der Waals surface area contributed by atoms with Crippen molar-refractivity contribution in [1.82, 2.24) is 0 Å². The highest BCUT2D eigenvalue weighted by atomic mass is 32.1. The van der Waals surface area contributed by atoms with E-state index < -0.39 is 0 Å². The first-order valence-corrected chi connectivity index (χ1v) is 20.3. The van der Waals surface area contributed by atoms with Crippen LogP contribution in [-0.2, 0) is 0 Å². The lowest BCUT2D eigenvalue weighted by molar-refractivity contribution is 1.30. The van der Waals surface area contributed by atoms with Crippen molar-refractivity contribution in [1.29, 1.82) is 0 Å². The monoisotopic (exact) mass is 735 g/mol. The van der Waals surface area contributed by atoms with Gasteiger partial charge in [0, 0.05) is 52.6 Å². The smallest absolute Gasteiger partial charge is 0.0718 e. The van der Waals surface area contributed by atoms with Crippen molar-refractivity contribution in [3.8, 4) is 33.4 Å². The average molecular weight is 736 g/mol. The quantitative estimate of drug-likeness (QED) is 0.164. The molecule has 0 saturated heterocycles. The minimum atomic E-state index is 1.12. The Kier molecular flexibility index (Phi) is 7.61. The summed E-state index contributed by atoms with van der Waals surface area (Å²) in [6, 6.07) is 73.5. The van der Waals surface area contributed by atoms with Crippen LogP contribution in [-0.4, -0.2) is 0 Å². The number of rotatable bonds is 6. The van der Waals surface area contributed by atoms with Crippen molar-refractivity contribution in [2.45, 2.75) is 0 Å². The first-order chi connectivity index (χ1) is 27.3. The molecule has 2 aromatic heterocycles. The lowest BCUT2D eigenvalue weighted by Gasteiger charge is -2.29. The number of thiophene rings is 2. The van der Waals surface area contributed by atoms with Crippen LogP contribution in [0.1, 0.15) is 0 Å². The van der Waals surface area contributed by atoms with Gasteiger partial charge in [0.15, 0.2) is 0 Å². The average Bonchev–Trinajstić information content (AvgIpc) is 3.83. The van der Waals surface area contributed by atoms with Crippen molar-refractivity contribution in [2.24, 2.45) is 0 Å². The van der Waals surface area contributed by atoms with Gasteiger partial charge in [-0.2, -0.15) is 0 Å². The summed E-state index contributed by atoms with van der Waals surface area (Å²) >= 11 is 3.74. The van der Waals surface area contributed by atoms with E-state index in [9.17, 15) is 0 Å². The van der Waals surface area contributed by atoms with Gasteiger partial charge in [0.05, 0.1) is 10.4 Å². The molecule has 0 fully saturated rings. The molecule has 0 unspecified atom stereocenters. The summed E-state index contributed by atoms with van der Waals surface area (Å²) in [6.45, 7) is 0. The van der Waals surface area contributed by atoms with Gasteiger partial charge in [-0.3, -0.25) is 0 Å². The molecular formula is C52H33NS2. The van der Waals surface area contributed by atoms with Gasteiger partial charge in [-0.25, -0.2) is 0 Å². The molecule has 0 N–H and O–H groups in total. The maximum atomic E-state index is 2.48. The highest BCUT2D eigenvalue weighted by Crippen LogP contribution is 2.50. The molecule has 258 valence electrons. The maximum absolute atomic E-state index is 2.48. The number of benzene rings is 9. The van der Waals surface area contributed by atoms with Crippen molar-refractivity contribution >= 4 is 90.9 Å². The molecule has 9 aromatic carbocycles. The van der Waals surface area contributed by atoms with Crippen molar-refractivity contribution < 1.29 is 0 Å². The molecule has 11 rings (SSSR count). The number of fused-ring (bicyclic) bond motifs is 7. The van der Waals surface area contributed by atoms with E-state index >= 15 is 0 Å². The standard InChI is InChI=1S/C52H33NS2/c1-2-11-36(12-3-1)43-30-31-46-44-16-6-9-20-49(44)55-52(46)51(43)53(40-28-23-37(24-29-40)42-18-10-14-35-13-4-5-15-41(35)42)39-26-21-34(22-27-39)38-25-32-50-47(33-38)45-17-7-8-19-48(45)54-50/h1-33H. The largest absolute Gasteiger partial charge is 0.308 e. The van der Waals surface area contributed by atoms with Gasteiger partial charge in [-0.05, 0) is 87.1 Å². The summed E-state index contributed by atoms with van der Waals surface area (Å²) in [6.07, 6.45) is 0. The Bertz CT molecular complexity index is 3180. The zero-order valence-electron chi connectivity index (χ0n) is 29.8. The Hall–Kier alpha value is -6.52. The topological polar surface area (TPSA) is 3.24 Å². The normalized spacial score (nSPS) is 11.6. The molecule has 0 amide bonds. The molecule has 3 heteroatoms. The number of hydrogen-bond acceptors (Lipinski definition) is 3. The first-order valence-electron chi connectivity index (χ1n) is 18.7. The van der Waals surface area contributed by atoms with Crippen LogP contribution in [0.3, 0.4) is 0 Å². The molecule has 0 atom stereocenters. The SMILES string of the molecule is c1ccc(-c2ccc3c(sc4ccccc43)c2N(c2ccc(-c3ccc4sc5ccccc5c4c3)cc2)c2ccc(-c3cccc4ccccc34)cc2)cc1. The van der Waals surface area contributed by atoms with Gasteiger partial charge in [0.1, 0.15) is 0 Å². The van der Waals surface area contributed by atoms with E-state index in [2.05, 4.69) is 205 Å². The lowest BCUT2D eigenvalue weighted by atomic mass is 9.97.